The predicted molar refractivity (Wildman–Crippen MR) is 100 cm³/mol. The topological polar surface area (TPSA) is 12.0 Å². The molecular weight excluding hydrogens is 278 g/mol. The van der Waals surface area contributed by atoms with Crippen molar-refractivity contribution in [2.24, 2.45) is 0 Å². The second-order valence-electron chi connectivity index (χ2n) is 6.66. The molecule has 23 heavy (non-hydrogen) atoms. The fraction of sp³-hybridized carbons (Fsp3) is 0.273. The molecule has 3 rings (SSSR count). The molecule has 0 spiro atoms. The van der Waals surface area contributed by atoms with Crippen molar-refractivity contribution in [2.75, 3.05) is 5.32 Å². The zero-order valence-electron chi connectivity index (χ0n) is 14.7. The van der Waals surface area contributed by atoms with E-state index in [9.17, 15) is 0 Å². The van der Waals surface area contributed by atoms with Gasteiger partial charge in [0.25, 0.3) is 0 Å². The van der Waals surface area contributed by atoms with Crippen molar-refractivity contribution in [3.8, 4) is 0 Å². The van der Waals surface area contributed by atoms with Crippen molar-refractivity contribution in [2.45, 2.75) is 40.0 Å². The lowest BCUT2D eigenvalue weighted by molar-refractivity contribution is 0.668. The molecule has 0 aliphatic heterocycles. The maximum Gasteiger partial charge on any atom is 0.0429 e. The Kier molecular flexibility index (Phi) is 3.89. The highest BCUT2D eigenvalue weighted by molar-refractivity contribution is 5.70. The summed E-state index contributed by atoms with van der Waals surface area (Å²) in [6, 6.07) is 19.1. The van der Waals surface area contributed by atoms with Crippen LogP contribution in [0.1, 0.15) is 40.2 Å². The minimum atomic E-state index is -0.0352. The number of anilines is 2. The van der Waals surface area contributed by atoms with Crippen molar-refractivity contribution in [3.63, 3.8) is 0 Å². The zero-order chi connectivity index (χ0) is 16.6. The molecule has 0 atom stereocenters. The van der Waals surface area contributed by atoms with E-state index in [1.807, 2.05) is 6.07 Å². The van der Waals surface area contributed by atoms with Crippen LogP contribution in [0.2, 0.25) is 0 Å². The van der Waals surface area contributed by atoms with E-state index in [0.29, 0.717) is 0 Å². The molecule has 1 aliphatic rings. The van der Waals surface area contributed by atoms with Gasteiger partial charge in [0.2, 0.25) is 0 Å². The summed E-state index contributed by atoms with van der Waals surface area (Å²) in [6.45, 7) is 11.4. The molecule has 0 bridgehead atoms. The predicted octanol–water partition coefficient (Wildman–Crippen LogP) is 6.37. The summed E-state index contributed by atoms with van der Waals surface area (Å²) in [4.78, 5) is 0. The number of para-hydroxylation sites is 2. The van der Waals surface area contributed by atoms with Gasteiger partial charge in [-0.3, -0.25) is 0 Å². The van der Waals surface area contributed by atoms with Gasteiger partial charge < -0.3 is 5.32 Å². The number of nitrogens with one attached hydrogen (secondary N) is 1. The Labute approximate surface area is 139 Å². The SMILES string of the molecule is CC1=C(C)C(C)(c2ccccc2Nc2ccccc2)C(C)=C1C. The first-order chi connectivity index (χ1) is 11.0. The van der Waals surface area contributed by atoms with E-state index in [2.05, 4.69) is 88.5 Å². The molecule has 0 amide bonds. The average Bonchev–Trinajstić information content (AvgIpc) is 2.73. The van der Waals surface area contributed by atoms with Crippen molar-refractivity contribution >= 4 is 11.4 Å². The highest BCUT2D eigenvalue weighted by atomic mass is 14.9. The van der Waals surface area contributed by atoms with Crippen molar-refractivity contribution < 1.29 is 0 Å². The Bertz CT molecular complexity index is 770. The standard InChI is InChI=1S/C22H25N/c1-15-16(2)18(4)22(5,17(15)3)20-13-9-10-14-21(20)23-19-11-7-6-8-12-19/h6-14,23H,1-5H3. The first-order valence-electron chi connectivity index (χ1n) is 8.24. The quantitative estimate of drug-likeness (QED) is 0.694. The van der Waals surface area contributed by atoms with Crippen LogP contribution >= 0.6 is 0 Å². The lowest BCUT2D eigenvalue weighted by atomic mass is 9.73. The number of benzene rings is 2. The first-order valence-corrected chi connectivity index (χ1v) is 8.24. The summed E-state index contributed by atoms with van der Waals surface area (Å²) < 4.78 is 0. The third-order valence-electron chi connectivity index (χ3n) is 5.71. The van der Waals surface area contributed by atoms with Gasteiger partial charge in [0, 0.05) is 16.8 Å². The molecule has 0 saturated heterocycles. The van der Waals surface area contributed by atoms with E-state index in [4.69, 9.17) is 0 Å². The molecule has 0 saturated carbocycles. The molecule has 1 nitrogen and oxygen atoms in total. The largest absolute Gasteiger partial charge is 0.355 e. The van der Waals surface area contributed by atoms with Crippen LogP contribution < -0.4 is 5.32 Å². The fourth-order valence-electron chi connectivity index (χ4n) is 3.70. The van der Waals surface area contributed by atoms with E-state index in [1.165, 1.54) is 33.5 Å². The van der Waals surface area contributed by atoms with Crippen LogP contribution in [0.4, 0.5) is 11.4 Å². The summed E-state index contributed by atoms with van der Waals surface area (Å²) >= 11 is 0. The van der Waals surface area contributed by atoms with Crippen LogP contribution in [0.15, 0.2) is 76.9 Å². The molecule has 1 N–H and O–H groups in total. The van der Waals surface area contributed by atoms with E-state index in [0.717, 1.165) is 5.69 Å². The van der Waals surface area contributed by atoms with Crippen molar-refractivity contribution in [1.29, 1.82) is 0 Å². The third-order valence-corrected chi connectivity index (χ3v) is 5.71. The van der Waals surface area contributed by atoms with Crippen LogP contribution in [-0.4, -0.2) is 0 Å². The highest BCUT2D eigenvalue weighted by Crippen LogP contribution is 2.50. The van der Waals surface area contributed by atoms with Gasteiger partial charge in [-0.15, -0.1) is 0 Å². The Balaban J connectivity index is 2.12. The van der Waals surface area contributed by atoms with Crippen molar-refractivity contribution in [1.82, 2.24) is 0 Å². The zero-order valence-corrected chi connectivity index (χ0v) is 14.7. The smallest absolute Gasteiger partial charge is 0.0429 e. The van der Waals surface area contributed by atoms with E-state index in [1.54, 1.807) is 0 Å². The average molecular weight is 303 g/mol. The maximum absolute atomic E-state index is 3.60. The molecule has 0 unspecified atom stereocenters. The molecule has 1 aliphatic carbocycles. The van der Waals surface area contributed by atoms with Gasteiger partial charge in [0.1, 0.15) is 0 Å². The minimum absolute atomic E-state index is 0.0352. The first kappa shape index (κ1) is 15.6. The van der Waals surface area contributed by atoms with Gasteiger partial charge in [0.05, 0.1) is 0 Å². The molecule has 1 heteroatoms. The van der Waals surface area contributed by atoms with Gasteiger partial charge in [-0.25, -0.2) is 0 Å². The maximum atomic E-state index is 3.60. The van der Waals surface area contributed by atoms with E-state index < -0.39 is 0 Å². The Hall–Kier alpha value is -2.28. The number of rotatable bonds is 3. The fourth-order valence-corrected chi connectivity index (χ4v) is 3.70. The lowest BCUT2D eigenvalue weighted by Gasteiger charge is -2.32. The van der Waals surface area contributed by atoms with Gasteiger partial charge in [0.15, 0.2) is 0 Å². The van der Waals surface area contributed by atoms with Crippen LogP contribution in [-0.2, 0) is 5.41 Å². The minimum Gasteiger partial charge on any atom is -0.355 e. The number of hydrogen-bond acceptors (Lipinski definition) is 1. The molecular formula is C22H25N. The van der Waals surface area contributed by atoms with E-state index >= 15 is 0 Å². The Morgan fingerprint density at radius 2 is 1.22 bits per heavy atom. The second kappa shape index (κ2) is 5.73. The number of hydrogen-bond donors (Lipinski definition) is 1. The third kappa shape index (κ3) is 2.41. The highest BCUT2D eigenvalue weighted by Gasteiger charge is 2.39. The lowest BCUT2D eigenvalue weighted by Crippen LogP contribution is -2.24. The van der Waals surface area contributed by atoms with Gasteiger partial charge in [-0.1, -0.05) is 47.5 Å². The molecule has 2 aromatic rings. The molecule has 0 aromatic heterocycles. The monoisotopic (exact) mass is 303 g/mol. The molecule has 118 valence electrons. The Morgan fingerprint density at radius 1 is 0.696 bits per heavy atom. The second-order valence-corrected chi connectivity index (χ2v) is 6.66. The summed E-state index contributed by atoms with van der Waals surface area (Å²) in [5.74, 6) is 0. The summed E-state index contributed by atoms with van der Waals surface area (Å²) in [5.41, 5.74) is 9.38. The van der Waals surface area contributed by atoms with Crippen LogP contribution in [0, 0.1) is 0 Å². The normalized spacial score (nSPS) is 16.9. The van der Waals surface area contributed by atoms with Crippen LogP contribution in [0.25, 0.3) is 0 Å². The van der Waals surface area contributed by atoms with Gasteiger partial charge >= 0.3 is 0 Å². The summed E-state index contributed by atoms with van der Waals surface area (Å²) in [5, 5.41) is 3.60. The Morgan fingerprint density at radius 3 is 1.83 bits per heavy atom. The van der Waals surface area contributed by atoms with Crippen LogP contribution in [0.3, 0.4) is 0 Å². The van der Waals surface area contributed by atoms with Crippen molar-refractivity contribution in [3.05, 3.63) is 82.5 Å². The molecule has 2 aromatic carbocycles. The van der Waals surface area contributed by atoms with Crippen LogP contribution in [0.5, 0.6) is 0 Å². The molecule has 0 heterocycles. The van der Waals surface area contributed by atoms with E-state index in [-0.39, 0.29) is 5.41 Å². The van der Waals surface area contributed by atoms with Gasteiger partial charge in [-0.05, 0) is 69.5 Å². The molecule has 0 radical (unpaired) electrons. The summed E-state index contributed by atoms with van der Waals surface area (Å²) in [6.07, 6.45) is 0. The summed E-state index contributed by atoms with van der Waals surface area (Å²) in [7, 11) is 0. The molecule has 0 fully saturated rings. The van der Waals surface area contributed by atoms with Gasteiger partial charge in [-0.2, -0.15) is 0 Å². The number of allylic oxidation sites excluding steroid dienone is 4.